The van der Waals surface area contributed by atoms with Gasteiger partial charge in [0.15, 0.2) is 0 Å². The summed E-state index contributed by atoms with van der Waals surface area (Å²) < 4.78 is 108. The van der Waals surface area contributed by atoms with E-state index in [9.17, 15) is 35.1 Å². The molecule has 1 aliphatic heterocycles. The van der Waals surface area contributed by atoms with Gasteiger partial charge in [-0.25, -0.2) is 0 Å². The second-order valence-electron chi connectivity index (χ2n) is 7.70. The summed E-state index contributed by atoms with van der Waals surface area (Å²) in [5.74, 6) is -6.31. The molecule has 1 heterocycles. The van der Waals surface area contributed by atoms with Crippen molar-refractivity contribution in [1.29, 1.82) is 0 Å². The Balaban J connectivity index is 2.10. The number of alkyl halides is 8. The summed E-state index contributed by atoms with van der Waals surface area (Å²) >= 11 is 0. The minimum absolute atomic E-state index is 0.270. The maximum Gasteiger partial charge on any atom is 0.459 e. The number of aliphatic imine (C=N–C) groups is 1. The van der Waals surface area contributed by atoms with Crippen LogP contribution in [0.5, 0.6) is 0 Å². The van der Waals surface area contributed by atoms with Crippen molar-refractivity contribution in [3.05, 3.63) is 11.3 Å². The van der Waals surface area contributed by atoms with Crippen LogP contribution in [0.2, 0.25) is 0 Å². The molecule has 0 unspecified atom stereocenters. The molecule has 0 aromatic carbocycles. The first-order chi connectivity index (χ1) is 12.9. The zero-order chi connectivity index (χ0) is 20.7. The first-order valence-electron chi connectivity index (χ1n) is 9.58. The summed E-state index contributed by atoms with van der Waals surface area (Å²) in [6, 6.07) is -1.29. The van der Waals surface area contributed by atoms with E-state index in [4.69, 9.17) is 0 Å². The van der Waals surface area contributed by atoms with Crippen molar-refractivity contribution in [3.8, 4) is 0 Å². The molecule has 2 fully saturated rings. The van der Waals surface area contributed by atoms with Gasteiger partial charge in [-0.3, -0.25) is 4.99 Å². The molecule has 2 nitrogen and oxygen atoms in total. The van der Waals surface area contributed by atoms with Crippen LogP contribution in [0, 0.1) is 0 Å². The van der Waals surface area contributed by atoms with Crippen LogP contribution in [0.3, 0.4) is 0 Å². The average molecular weight is 418 g/mol. The minimum Gasteiger partial charge on any atom is -0.320 e. The normalized spacial score (nSPS) is 25.4. The molecule has 0 aromatic heterocycles. The van der Waals surface area contributed by atoms with Gasteiger partial charge in [-0.05, 0) is 25.7 Å². The zero-order valence-corrected chi connectivity index (χ0v) is 15.1. The lowest BCUT2D eigenvalue weighted by atomic mass is 9.86. The SMILES string of the molecule is FC(F)(F)C1=C(C(F)(F)C(F)(F)F)N(C2CCCCC2)C1=NC1CCCCC1. The summed E-state index contributed by atoms with van der Waals surface area (Å²) in [5.41, 5.74) is -3.89. The average Bonchev–Trinajstić information content (AvgIpc) is 2.57. The number of allylic oxidation sites excluding steroid dienone is 1. The fourth-order valence-electron chi connectivity index (χ4n) is 4.31. The van der Waals surface area contributed by atoms with Crippen molar-refractivity contribution < 1.29 is 35.1 Å². The second kappa shape index (κ2) is 7.48. The van der Waals surface area contributed by atoms with E-state index in [1.807, 2.05) is 0 Å². The van der Waals surface area contributed by atoms with E-state index in [0.717, 1.165) is 25.7 Å². The molecule has 0 N–H and O–H groups in total. The molecule has 28 heavy (non-hydrogen) atoms. The van der Waals surface area contributed by atoms with Crippen molar-refractivity contribution in [1.82, 2.24) is 4.90 Å². The summed E-state index contributed by atoms with van der Waals surface area (Å²) in [7, 11) is 0. The van der Waals surface area contributed by atoms with E-state index >= 15 is 0 Å². The van der Waals surface area contributed by atoms with Gasteiger partial charge in [-0.1, -0.05) is 38.5 Å². The Bertz CT molecular complexity index is 635. The minimum atomic E-state index is -6.11. The van der Waals surface area contributed by atoms with Crippen LogP contribution in [0.4, 0.5) is 35.1 Å². The van der Waals surface area contributed by atoms with Gasteiger partial charge in [0.2, 0.25) is 0 Å². The van der Waals surface area contributed by atoms with Crippen molar-refractivity contribution in [2.45, 2.75) is 94.6 Å². The lowest BCUT2D eigenvalue weighted by molar-refractivity contribution is -0.272. The lowest BCUT2D eigenvalue weighted by Crippen LogP contribution is -2.60. The maximum absolute atomic E-state index is 14.1. The highest BCUT2D eigenvalue weighted by Gasteiger charge is 2.69. The van der Waals surface area contributed by atoms with Gasteiger partial charge in [-0.15, -0.1) is 0 Å². The third-order valence-corrected chi connectivity index (χ3v) is 5.69. The molecule has 0 radical (unpaired) electrons. The molecule has 3 aliphatic rings. The number of hydrogen-bond donors (Lipinski definition) is 0. The molecule has 160 valence electrons. The van der Waals surface area contributed by atoms with Gasteiger partial charge in [-0.2, -0.15) is 35.1 Å². The monoisotopic (exact) mass is 418 g/mol. The van der Waals surface area contributed by atoms with Crippen molar-refractivity contribution in [2.24, 2.45) is 4.99 Å². The Labute approximate surface area is 157 Å². The van der Waals surface area contributed by atoms with Crippen molar-refractivity contribution in [3.63, 3.8) is 0 Å². The van der Waals surface area contributed by atoms with Crippen LogP contribution in [0.15, 0.2) is 16.3 Å². The van der Waals surface area contributed by atoms with Crippen LogP contribution in [0.1, 0.15) is 64.2 Å². The molecule has 0 spiro atoms. The molecule has 2 aliphatic carbocycles. The van der Waals surface area contributed by atoms with E-state index in [0.29, 0.717) is 30.6 Å². The Morgan fingerprint density at radius 1 is 0.714 bits per heavy atom. The maximum atomic E-state index is 14.1. The number of halogens is 8. The summed E-state index contributed by atoms with van der Waals surface area (Å²) in [5, 5.41) is 0. The molecule has 3 rings (SSSR count). The largest absolute Gasteiger partial charge is 0.459 e. The number of rotatable bonds is 3. The standard InChI is InChI=1S/C18H22F8N2/c19-16(20,18(24,25)26)14-13(17(21,22)23)15(27-11-7-3-1-4-8-11)28(14)12-9-5-2-6-10-12/h11-12H,1-10H2. The van der Waals surface area contributed by atoms with Gasteiger partial charge in [0.1, 0.15) is 17.1 Å². The number of amidine groups is 1. The third-order valence-electron chi connectivity index (χ3n) is 5.69. The quantitative estimate of drug-likeness (QED) is 0.486. The number of hydrogen-bond acceptors (Lipinski definition) is 1. The van der Waals surface area contributed by atoms with E-state index < -0.39 is 47.5 Å². The molecular weight excluding hydrogens is 396 g/mol. The summed E-state index contributed by atoms with van der Waals surface area (Å²) in [6.07, 6.45) is -5.54. The number of nitrogens with zero attached hydrogens (tertiary/aromatic N) is 2. The first kappa shape index (κ1) is 21.4. The fourth-order valence-corrected chi connectivity index (χ4v) is 4.31. The molecular formula is C18H22F8N2. The smallest absolute Gasteiger partial charge is 0.320 e. The molecule has 0 amide bonds. The Morgan fingerprint density at radius 3 is 1.68 bits per heavy atom. The third kappa shape index (κ3) is 3.87. The Hall–Kier alpha value is -1.35. The van der Waals surface area contributed by atoms with E-state index in [1.54, 1.807) is 0 Å². The second-order valence-corrected chi connectivity index (χ2v) is 7.70. The molecule has 0 atom stereocenters. The molecule has 10 heteroatoms. The van der Waals surface area contributed by atoms with Crippen molar-refractivity contribution >= 4 is 5.84 Å². The highest BCUT2D eigenvalue weighted by molar-refractivity contribution is 6.08. The van der Waals surface area contributed by atoms with E-state index in [2.05, 4.69) is 4.99 Å². The molecule has 0 saturated heterocycles. The van der Waals surface area contributed by atoms with Crippen LogP contribution in [0.25, 0.3) is 0 Å². The van der Waals surface area contributed by atoms with Crippen LogP contribution >= 0.6 is 0 Å². The predicted octanol–water partition coefficient (Wildman–Crippen LogP) is 6.38. The highest BCUT2D eigenvalue weighted by atomic mass is 19.4. The van der Waals surface area contributed by atoms with E-state index in [-0.39, 0.29) is 12.8 Å². The van der Waals surface area contributed by atoms with E-state index in [1.165, 1.54) is 0 Å². The first-order valence-corrected chi connectivity index (χ1v) is 9.58. The van der Waals surface area contributed by atoms with Gasteiger partial charge >= 0.3 is 18.3 Å². The topological polar surface area (TPSA) is 15.6 Å². The Kier molecular flexibility index (Phi) is 5.71. The molecule has 0 bridgehead atoms. The zero-order valence-electron chi connectivity index (χ0n) is 15.1. The fraction of sp³-hybridized carbons (Fsp3) is 0.833. The van der Waals surface area contributed by atoms with Gasteiger partial charge in [0.05, 0.1) is 6.04 Å². The lowest BCUT2D eigenvalue weighted by Gasteiger charge is -2.49. The van der Waals surface area contributed by atoms with Gasteiger partial charge < -0.3 is 4.90 Å². The predicted molar refractivity (Wildman–Crippen MR) is 87.1 cm³/mol. The summed E-state index contributed by atoms with van der Waals surface area (Å²) in [6.45, 7) is 0. The van der Waals surface area contributed by atoms with Crippen LogP contribution in [-0.4, -0.2) is 41.1 Å². The van der Waals surface area contributed by atoms with Crippen LogP contribution in [-0.2, 0) is 0 Å². The Morgan fingerprint density at radius 2 is 1.21 bits per heavy atom. The van der Waals surface area contributed by atoms with Gasteiger partial charge in [0.25, 0.3) is 0 Å². The molecule has 2 saturated carbocycles. The molecule has 0 aromatic rings. The van der Waals surface area contributed by atoms with Crippen LogP contribution < -0.4 is 0 Å². The summed E-state index contributed by atoms with van der Waals surface area (Å²) in [4.78, 5) is 4.62. The van der Waals surface area contributed by atoms with Crippen molar-refractivity contribution in [2.75, 3.05) is 0 Å². The highest BCUT2D eigenvalue weighted by Crippen LogP contribution is 2.53. The van der Waals surface area contributed by atoms with Gasteiger partial charge in [0, 0.05) is 6.04 Å².